The van der Waals surface area contributed by atoms with Gasteiger partial charge < -0.3 is 20.1 Å². The molecule has 5 nitrogen and oxygen atoms in total. The average Bonchev–Trinajstić information content (AvgIpc) is 2.54. The SMILES string of the molecule is CN=C(NCCOCCC(C)C)NCc1ccc(Cl)cc1OC. The highest BCUT2D eigenvalue weighted by Gasteiger charge is 2.05. The highest BCUT2D eigenvalue weighted by molar-refractivity contribution is 6.30. The number of hydrogen-bond acceptors (Lipinski definition) is 3. The molecular formula is C17H28ClN3O2. The molecule has 0 bridgehead atoms. The summed E-state index contributed by atoms with van der Waals surface area (Å²) in [6.07, 6.45) is 1.09. The molecule has 0 aromatic heterocycles. The van der Waals surface area contributed by atoms with Crippen LogP contribution in [0.2, 0.25) is 5.02 Å². The van der Waals surface area contributed by atoms with E-state index in [0.29, 0.717) is 24.1 Å². The number of rotatable bonds is 9. The van der Waals surface area contributed by atoms with Crippen LogP contribution in [0.4, 0.5) is 0 Å². The lowest BCUT2D eigenvalue weighted by Gasteiger charge is -2.14. The zero-order valence-corrected chi connectivity index (χ0v) is 15.2. The molecule has 1 aromatic rings. The fourth-order valence-electron chi connectivity index (χ4n) is 1.93. The van der Waals surface area contributed by atoms with Crippen molar-refractivity contribution in [3.05, 3.63) is 28.8 Å². The Balaban J connectivity index is 2.32. The Kier molecular flexibility index (Phi) is 9.48. The normalized spacial score (nSPS) is 11.7. The van der Waals surface area contributed by atoms with Crippen LogP contribution in [0.1, 0.15) is 25.8 Å². The second-order valence-corrected chi connectivity index (χ2v) is 6.04. The van der Waals surface area contributed by atoms with Gasteiger partial charge in [-0.25, -0.2) is 0 Å². The van der Waals surface area contributed by atoms with Crippen molar-refractivity contribution in [3.8, 4) is 5.75 Å². The van der Waals surface area contributed by atoms with Crippen LogP contribution in [-0.2, 0) is 11.3 Å². The summed E-state index contributed by atoms with van der Waals surface area (Å²) in [6, 6.07) is 5.59. The van der Waals surface area contributed by atoms with Crippen LogP contribution >= 0.6 is 11.6 Å². The first-order valence-corrected chi connectivity index (χ1v) is 8.29. The largest absolute Gasteiger partial charge is 0.496 e. The molecule has 0 saturated heterocycles. The predicted octanol–water partition coefficient (Wildman–Crippen LogP) is 3.08. The molecule has 0 amide bonds. The van der Waals surface area contributed by atoms with Crippen molar-refractivity contribution < 1.29 is 9.47 Å². The van der Waals surface area contributed by atoms with Crippen LogP contribution in [-0.4, -0.2) is 39.9 Å². The molecule has 1 aromatic carbocycles. The van der Waals surface area contributed by atoms with E-state index in [1.54, 1.807) is 20.2 Å². The standard InChI is InChI=1S/C17H28ClN3O2/c1-13(2)7-9-23-10-8-20-17(19-3)21-12-14-5-6-15(18)11-16(14)22-4/h5-6,11,13H,7-10,12H2,1-4H3,(H2,19,20,21). The van der Waals surface area contributed by atoms with Gasteiger partial charge >= 0.3 is 0 Å². The number of ether oxygens (including phenoxy) is 2. The predicted molar refractivity (Wildman–Crippen MR) is 96.5 cm³/mol. The van der Waals surface area contributed by atoms with Gasteiger partial charge in [0.25, 0.3) is 0 Å². The Morgan fingerprint density at radius 2 is 2.04 bits per heavy atom. The molecule has 2 N–H and O–H groups in total. The van der Waals surface area contributed by atoms with Crippen molar-refractivity contribution in [2.24, 2.45) is 10.9 Å². The minimum absolute atomic E-state index is 0.605. The van der Waals surface area contributed by atoms with E-state index in [-0.39, 0.29) is 0 Å². The average molecular weight is 342 g/mol. The van der Waals surface area contributed by atoms with E-state index in [1.165, 1.54) is 0 Å². The van der Waals surface area contributed by atoms with Gasteiger partial charge in [-0.15, -0.1) is 0 Å². The fourth-order valence-corrected chi connectivity index (χ4v) is 2.09. The zero-order valence-electron chi connectivity index (χ0n) is 14.5. The van der Waals surface area contributed by atoms with E-state index >= 15 is 0 Å². The van der Waals surface area contributed by atoms with Gasteiger partial charge in [-0.3, -0.25) is 4.99 Å². The minimum Gasteiger partial charge on any atom is -0.496 e. The number of aliphatic imine (C=N–C) groups is 1. The lowest BCUT2D eigenvalue weighted by Crippen LogP contribution is -2.38. The molecule has 0 aliphatic rings. The van der Waals surface area contributed by atoms with E-state index in [1.807, 2.05) is 12.1 Å². The lowest BCUT2D eigenvalue weighted by atomic mass is 10.1. The van der Waals surface area contributed by atoms with Crippen molar-refractivity contribution in [3.63, 3.8) is 0 Å². The van der Waals surface area contributed by atoms with Crippen molar-refractivity contribution >= 4 is 17.6 Å². The van der Waals surface area contributed by atoms with Crippen molar-refractivity contribution in [1.29, 1.82) is 0 Å². The number of hydrogen-bond donors (Lipinski definition) is 2. The smallest absolute Gasteiger partial charge is 0.191 e. The van der Waals surface area contributed by atoms with E-state index in [0.717, 1.165) is 36.8 Å². The number of guanidine groups is 1. The summed E-state index contributed by atoms with van der Waals surface area (Å²) < 4.78 is 10.9. The number of benzene rings is 1. The molecule has 23 heavy (non-hydrogen) atoms. The van der Waals surface area contributed by atoms with E-state index < -0.39 is 0 Å². The van der Waals surface area contributed by atoms with E-state index in [4.69, 9.17) is 21.1 Å². The van der Waals surface area contributed by atoms with Crippen LogP contribution in [0.3, 0.4) is 0 Å². The summed E-state index contributed by atoms with van der Waals surface area (Å²) in [5, 5.41) is 7.13. The molecule has 0 radical (unpaired) electrons. The Hall–Kier alpha value is -1.46. The van der Waals surface area contributed by atoms with Gasteiger partial charge in [0.1, 0.15) is 5.75 Å². The summed E-state index contributed by atoms with van der Waals surface area (Å²) in [4.78, 5) is 4.19. The third kappa shape index (κ3) is 8.09. The quantitative estimate of drug-likeness (QED) is 0.412. The van der Waals surface area contributed by atoms with Crippen LogP contribution in [0.25, 0.3) is 0 Å². The highest BCUT2D eigenvalue weighted by Crippen LogP contribution is 2.22. The van der Waals surface area contributed by atoms with Crippen molar-refractivity contribution in [1.82, 2.24) is 10.6 Å². The first kappa shape index (κ1) is 19.6. The van der Waals surface area contributed by atoms with Gasteiger partial charge in [0.05, 0.1) is 13.7 Å². The molecular weight excluding hydrogens is 314 g/mol. The maximum absolute atomic E-state index is 5.96. The molecule has 6 heteroatoms. The number of halogens is 1. The van der Waals surface area contributed by atoms with Gasteiger partial charge in [-0.2, -0.15) is 0 Å². The fraction of sp³-hybridized carbons (Fsp3) is 0.588. The van der Waals surface area contributed by atoms with Gasteiger partial charge in [0.2, 0.25) is 0 Å². The Morgan fingerprint density at radius 3 is 2.70 bits per heavy atom. The molecule has 0 saturated carbocycles. The molecule has 0 heterocycles. The summed E-state index contributed by atoms with van der Waals surface area (Å²) in [5.41, 5.74) is 1.02. The molecule has 0 aliphatic heterocycles. The maximum atomic E-state index is 5.96. The van der Waals surface area contributed by atoms with E-state index in [9.17, 15) is 0 Å². The Morgan fingerprint density at radius 1 is 1.26 bits per heavy atom. The number of nitrogens with one attached hydrogen (secondary N) is 2. The monoisotopic (exact) mass is 341 g/mol. The number of methoxy groups -OCH3 is 1. The number of nitrogens with zero attached hydrogens (tertiary/aromatic N) is 1. The Labute approximate surface area is 144 Å². The Bertz CT molecular complexity index is 493. The van der Waals surface area contributed by atoms with Gasteiger partial charge in [0.15, 0.2) is 5.96 Å². The first-order valence-electron chi connectivity index (χ1n) is 7.91. The van der Waals surface area contributed by atoms with Crippen molar-refractivity contribution in [2.45, 2.75) is 26.8 Å². The third-order valence-corrected chi connectivity index (χ3v) is 3.53. The summed E-state index contributed by atoms with van der Waals surface area (Å²) in [6.45, 7) is 7.17. The molecule has 0 atom stereocenters. The summed E-state index contributed by atoms with van der Waals surface area (Å²) in [5.74, 6) is 2.17. The third-order valence-electron chi connectivity index (χ3n) is 3.30. The van der Waals surface area contributed by atoms with Gasteiger partial charge in [0, 0.05) is 37.3 Å². The molecule has 0 fully saturated rings. The summed E-state index contributed by atoms with van der Waals surface area (Å²) >= 11 is 5.96. The van der Waals surface area contributed by atoms with Crippen LogP contribution in [0, 0.1) is 5.92 Å². The maximum Gasteiger partial charge on any atom is 0.191 e. The highest BCUT2D eigenvalue weighted by atomic mass is 35.5. The van der Waals surface area contributed by atoms with Crippen LogP contribution < -0.4 is 15.4 Å². The van der Waals surface area contributed by atoms with E-state index in [2.05, 4.69) is 29.5 Å². The lowest BCUT2D eigenvalue weighted by molar-refractivity contribution is 0.128. The van der Waals surface area contributed by atoms with Crippen LogP contribution in [0.15, 0.2) is 23.2 Å². The molecule has 0 spiro atoms. The molecule has 130 valence electrons. The van der Waals surface area contributed by atoms with Gasteiger partial charge in [-0.1, -0.05) is 31.5 Å². The minimum atomic E-state index is 0.605. The second kappa shape index (κ2) is 11.1. The molecule has 0 aliphatic carbocycles. The zero-order chi connectivity index (χ0) is 17.1. The topological polar surface area (TPSA) is 54.9 Å². The molecule has 0 unspecified atom stereocenters. The van der Waals surface area contributed by atoms with Crippen LogP contribution in [0.5, 0.6) is 5.75 Å². The second-order valence-electron chi connectivity index (χ2n) is 5.60. The molecule has 1 rings (SSSR count). The van der Waals surface area contributed by atoms with Gasteiger partial charge in [-0.05, 0) is 24.5 Å². The van der Waals surface area contributed by atoms with Crippen molar-refractivity contribution in [2.75, 3.05) is 33.9 Å². The first-order chi connectivity index (χ1) is 11.1. The summed E-state index contributed by atoms with van der Waals surface area (Å²) in [7, 11) is 3.38.